The highest BCUT2D eigenvalue weighted by atomic mass is 16.3. The van der Waals surface area contributed by atoms with Crippen LogP contribution in [0.4, 0.5) is 0 Å². The van der Waals surface area contributed by atoms with Crippen LogP contribution in [0.3, 0.4) is 0 Å². The van der Waals surface area contributed by atoms with Crippen LogP contribution in [0.2, 0.25) is 0 Å². The number of nitriles is 1. The normalized spacial score (nSPS) is 16.9. The molecule has 1 aliphatic rings. The Morgan fingerprint density at radius 2 is 1.88 bits per heavy atom. The second-order valence-corrected chi connectivity index (χ2v) is 7.11. The van der Waals surface area contributed by atoms with E-state index < -0.39 is 6.10 Å². The molecule has 1 atom stereocenters. The van der Waals surface area contributed by atoms with Crippen LogP contribution < -0.4 is 5.32 Å². The van der Waals surface area contributed by atoms with Crippen LogP contribution in [0.15, 0.2) is 54.6 Å². The molecular weight excluding hydrogens is 322 g/mol. The predicted molar refractivity (Wildman–Crippen MR) is 103 cm³/mol. The number of rotatable bonds is 7. The molecule has 136 valence electrons. The Kier molecular flexibility index (Phi) is 6.79. The highest BCUT2D eigenvalue weighted by molar-refractivity contribution is 5.32. The van der Waals surface area contributed by atoms with Gasteiger partial charge in [0.1, 0.15) is 0 Å². The minimum absolute atomic E-state index is 0.404. The van der Waals surface area contributed by atoms with Crippen molar-refractivity contribution in [1.82, 2.24) is 10.2 Å². The number of nitrogens with zero attached hydrogens (tertiary/aromatic N) is 2. The maximum atomic E-state index is 10.4. The first-order chi connectivity index (χ1) is 12.7. The second-order valence-electron chi connectivity index (χ2n) is 7.11. The molecule has 1 heterocycles. The standard InChI is InChI=1S/C22H27N3O/c23-14-19-5-4-6-20(13-19)16-24-15-18-9-11-25(12-10-18)17-22(26)21-7-2-1-3-8-21/h1-8,13,18,22,24,26H,9-12,15-17H2. The molecule has 2 aromatic rings. The van der Waals surface area contributed by atoms with Crippen LogP contribution in [0.1, 0.15) is 35.6 Å². The Bertz CT molecular complexity index is 718. The zero-order valence-electron chi connectivity index (χ0n) is 15.1. The number of β-amino-alcohol motifs (C(OH)–C–C–N with tert-alkyl or cyclic N) is 1. The number of benzene rings is 2. The Labute approximate surface area is 156 Å². The molecule has 4 heteroatoms. The summed E-state index contributed by atoms with van der Waals surface area (Å²) in [4.78, 5) is 2.37. The highest BCUT2D eigenvalue weighted by Crippen LogP contribution is 2.20. The average molecular weight is 349 g/mol. The van der Waals surface area contributed by atoms with E-state index in [0.29, 0.717) is 12.5 Å². The lowest BCUT2D eigenvalue weighted by Crippen LogP contribution is -2.39. The second kappa shape index (κ2) is 9.49. The topological polar surface area (TPSA) is 59.3 Å². The third kappa shape index (κ3) is 5.40. The van der Waals surface area contributed by atoms with E-state index in [-0.39, 0.29) is 0 Å². The van der Waals surface area contributed by atoms with Gasteiger partial charge in [-0.05, 0) is 61.7 Å². The summed E-state index contributed by atoms with van der Waals surface area (Å²) in [5.41, 5.74) is 2.87. The largest absolute Gasteiger partial charge is 0.387 e. The lowest BCUT2D eigenvalue weighted by Gasteiger charge is -2.33. The molecule has 4 nitrogen and oxygen atoms in total. The molecule has 1 saturated heterocycles. The molecule has 0 radical (unpaired) electrons. The van der Waals surface area contributed by atoms with Gasteiger partial charge in [0.15, 0.2) is 0 Å². The number of nitrogens with one attached hydrogen (secondary N) is 1. The van der Waals surface area contributed by atoms with E-state index in [1.807, 2.05) is 48.5 Å². The van der Waals surface area contributed by atoms with Crippen LogP contribution in [0, 0.1) is 17.2 Å². The fourth-order valence-electron chi connectivity index (χ4n) is 3.57. The maximum Gasteiger partial charge on any atom is 0.0991 e. The molecule has 3 rings (SSSR count). The van der Waals surface area contributed by atoms with Crippen molar-refractivity contribution in [2.75, 3.05) is 26.2 Å². The quantitative estimate of drug-likeness (QED) is 0.806. The van der Waals surface area contributed by atoms with Crippen molar-refractivity contribution in [2.45, 2.75) is 25.5 Å². The number of likely N-dealkylation sites (tertiary alicyclic amines) is 1. The fraction of sp³-hybridized carbons (Fsp3) is 0.409. The van der Waals surface area contributed by atoms with Crippen molar-refractivity contribution in [2.24, 2.45) is 5.92 Å². The molecule has 0 bridgehead atoms. The van der Waals surface area contributed by atoms with E-state index in [0.717, 1.165) is 55.7 Å². The van der Waals surface area contributed by atoms with Gasteiger partial charge in [0.05, 0.1) is 17.7 Å². The molecule has 26 heavy (non-hydrogen) atoms. The monoisotopic (exact) mass is 349 g/mol. The zero-order valence-corrected chi connectivity index (χ0v) is 15.1. The van der Waals surface area contributed by atoms with Gasteiger partial charge in [0.2, 0.25) is 0 Å². The van der Waals surface area contributed by atoms with Crippen molar-refractivity contribution in [1.29, 1.82) is 5.26 Å². The third-order valence-corrected chi connectivity index (χ3v) is 5.14. The van der Waals surface area contributed by atoms with Crippen molar-refractivity contribution in [3.63, 3.8) is 0 Å². The summed E-state index contributed by atoms with van der Waals surface area (Å²) in [7, 11) is 0. The van der Waals surface area contributed by atoms with Gasteiger partial charge in [0.25, 0.3) is 0 Å². The van der Waals surface area contributed by atoms with Crippen molar-refractivity contribution in [3.8, 4) is 6.07 Å². The third-order valence-electron chi connectivity index (χ3n) is 5.14. The minimum atomic E-state index is -0.404. The van der Waals surface area contributed by atoms with Crippen molar-refractivity contribution in [3.05, 3.63) is 71.3 Å². The summed E-state index contributed by atoms with van der Waals surface area (Å²) in [6.07, 6.45) is 1.91. The van der Waals surface area contributed by atoms with Crippen LogP contribution in [-0.2, 0) is 6.54 Å². The van der Waals surface area contributed by atoms with Gasteiger partial charge < -0.3 is 15.3 Å². The maximum absolute atomic E-state index is 10.4. The molecule has 0 aliphatic carbocycles. The molecular formula is C22H27N3O. The molecule has 0 amide bonds. The first-order valence-corrected chi connectivity index (χ1v) is 9.39. The molecule has 0 saturated carbocycles. The van der Waals surface area contributed by atoms with E-state index in [1.165, 1.54) is 0 Å². The predicted octanol–water partition coefficient (Wildman–Crippen LogP) is 3.09. The minimum Gasteiger partial charge on any atom is -0.387 e. The lowest BCUT2D eigenvalue weighted by atomic mass is 9.96. The number of piperidine rings is 1. The fourth-order valence-corrected chi connectivity index (χ4v) is 3.57. The Morgan fingerprint density at radius 3 is 2.62 bits per heavy atom. The van der Waals surface area contributed by atoms with Crippen LogP contribution in [0.25, 0.3) is 0 Å². The molecule has 1 unspecified atom stereocenters. The molecule has 2 aromatic carbocycles. The van der Waals surface area contributed by atoms with Gasteiger partial charge in [-0.1, -0.05) is 42.5 Å². The van der Waals surface area contributed by atoms with Crippen LogP contribution >= 0.6 is 0 Å². The van der Waals surface area contributed by atoms with Gasteiger partial charge >= 0.3 is 0 Å². The first kappa shape index (κ1) is 18.6. The first-order valence-electron chi connectivity index (χ1n) is 9.39. The van der Waals surface area contributed by atoms with Crippen LogP contribution in [-0.4, -0.2) is 36.2 Å². The molecule has 2 N–H and O–H groups in total. The highest BCUT2D eigenvalue weighted by Gasteiger charge is 2.21. The van der Waals surface area contributed by atoms with Gasteiger partial charge in [-0.15, -0.1) is 0 Å². The summed E-state index contributed by atoms with van der Waals surface area (Å²) in [5.74, 6) is 0.680. The number of aliphatic hydroxyl groups excluding tert-OH is 1. The zero-order chi connectivity index (χ0) is 18.2. The lowest BCUT2D eigenvalue weighted by molar-refractivity contribution is 0.0891. The van der Waals surface area contributed by atoms with E-state index in [4.69, 9.17) is 5.26 Å². The Balaban J connectivity index is 1.36. The van der Waals surface area contributed by atoms with E-state index >= 15 is 0 Å². The van der Waals surface area contributed by atoms with E-state index in [2.05, 4.69) is 22.4 Å². The number of hydrogen-bond donors (Lipinski definition) is 2. The van der Waals surface area contributed by atoms with Crippen molar-refractivity contribution >= 4 is 0 Å². The van der Waals surface area contributed by atoms with Crippen molar-refractivity contribution < 1.29 is 5.11 Å². The van der Waals surface area contributed by atoms with Crippen LogP contribution in [0.5, 0.6) is 0 Å². The molecule has 0 spiro atoms. The smallest absolute Gasteiger partial charge is 0.0991 e. The van der Waals surface area contributed by atoms with Gasteiger partial charge in [-0.3, -0.25) is 0 Å². The summed E-state index contributed by atoms with van der Waals surface area (Å²) in [6, 6.07) is 19.9. The summed E-state index contributed by atoms with van der Waals surface area (Å²) in [6.45, 7) is 4.61. The van der Waals surface area contributed by atoms with E-state index in [1.54, 1.807) is 0 Å². The summed E-state index contributed by atoms with van der Waals surface area (Å²) < 4.78 is 0. The summed E-state index contributed by atoms with van der Waals surface area (Å²) in [5, 5.41) is 22.9. The Morgan fingerprint density at radius 1 is 1.12 bits per heavy atom. The number of hydrogen-bond acceptors (Lipinski definition) is 4. The molecule has 1 aliphatic heterocycles. The van der Waals surface area contributed by atoms with E-state index in [9.17, 15) is 5.11 Å². The Hall–Kier alpha value is -2.19. The average Bonchev–Trinajstić information content (AvgIpc) is 2.70. The SMILES string of the molecule is N#Cc1cccc(CNCC2CCN(CC(O)c3ccccc3)CC2)c1. The van der Waals surface area contributed by atoms with Gasteiger partial charge in [-0.25, -0.2) is 0 Å². The van der Waals surface area contributed by atoms with Gasteiger partial charge in [0, 0.05) is 13.1 Å². The molecule has 0 aromatic heterocycles. The summed E-state index contributed by atoms with van der Waals surface area (Å²) >= 11 is 0. The number of aliphatic hydroxyl groups is 1. The van der Waals surface area contributed by atoms with Gasteiger partial charge in [-0.2, -0.15) is 5.26 Å². The molecule has 1 fully saturated rings.